The molecule has 0 unspecified atom stereocenters. The van der Waals surface area contributed by atoms with Gasteiger partial charge >= 0.3 is 0 Å². The summed E-state index contributed by atoms with van der Waals surface area (Å²) in [6, 6.07) is 14.4. The van der Waals surface area contributed by atoms with Crippen LogP contribution in [0.5, 0.6) is 0 Å². The van der Waals surface area contributed by atoms with Gasteiger partial charge in [-0.05, 0) is 43.2 Å². The van der Waals surface area contributed by atoms with Gasteiger partial charge in [0.25, 0.3) is 5.91 Å². The van der Waals surface area contributed by atoms with Gasteiger partial charge in [-0.1, -0.05) is 46.6 Å². The zero-order valence-electron chi connectivity index (χ0n) is 14.1. The number of halogens is 2. The van der Waals surface area contributed by atoms with E-state index in [9.17, 15) is 4.79 Å². The Kier molecular flexibility index (Phi) is 4.47. The average Bonchev–Trinajstić information content (AvgIpc) is 3.40. The van der Waals surface area contributed by atoms with Gasteiger partial charge < -0.3 is 9.42 Å². The summed E-state index contributed by atoms with van der Waals surface area (Å²) in [4.78, 5) is 14.9. The minimum Gasteiger partial charge on any atom is -0.360 e. The van der Waals surface area contributed by atoms with Crippen LogP contribution in [0.15, 0.2) is 53.1 Å². The molecule has 4 nitrogen and oxygen atoms in total. The molecule has 6 heteroatoms. The molecule has 1 aromatic heterocycles. The molecule has 132 valence electrons. The van der Waals surface area contributed by atoms with Crippen molar-refractivity contribution in [2.75, 3.05) is 11.9 Å². The fraction of sp³-hybridized carbons (Fsp3) is 0.200. The van der Waals surface area contributed by atoms with Crippen LogP contribution in [0, 0.1) is 0 Å². The summed E-state index contributed by atoms with van der Waals surface area (Å²) in [5.41, 5.74) is 2.41. The fourth-order valence-electron chi connectivity index (χ4n) is 2.92. The molecule has 0 bridgehead atoms. The van der Waals surface area contributed by atoms with Gasteiger partial charge in [0.15, 0.2) is 5.76 Å². The molecule has 1 heterocycles. The van der Waals surface area contributed by atoms with Crippen molar-refractivity contribution in [3.8, 4) is 11.3 Å². The zero-order valence-corrected chi connectivity index (χ0v) is 15.6. The van der Waals surface area contributed by atoms with Crippen LogP contribution in [0.1, 0.15) is 34.9 Å². The summed E-state index contributed by atoms with van der Waals surface area (Å²) in [6.07, 6.45) is 2.00. The quantitative estimate of drug-likeness (QED) is 0.568. The van der Waals surface area contributed by atoms with Gasteiger partial charge in [-0.2, -0.15) is 0 Å². The first-order valence-electron chi connectivity index (χ1n) is 8.34. The summed E-state index contributed by atoms with van der Waals surface area (Å²) >= 11 is 12.3. The van der Waals surface area contributed by atoms with Crippen LogP contribution >= 0.6 is 23.2 Å². The SMILES string of the molecule is CN(C(=O)c1c(-c2ccccc2Cl)noc1C1CC1)c1ccc(Cl)cc1. The Morgan fingerprint density at radius 1 is 1.12 bits per heavy atom. The monoisotopic (exact) mass is 386 g/mol. The van der Waals surface area contributed by atoms with E-state index >= 15 is 0 Å². The number of benzene rings is 2. The Morgan fingerprint density at radius 2 is 1.81 bits per heavy atom. The molecule has 1 fully saturated rings. The molecule has 0 spiro atoms. The van der Waals surface area contributed by atoms with Crippen molar-refractivity contribution in [3.63, 3.8) is 0 Å². The van der Waals surface area contributed by atoms with Crippen LogP contribution in [0.3, 0.4) is 0 Å². The lowest BCUT2D eigenvalue weighted by Gasteiger charge is -2.18. The van der Waals surface area contributed by atoms with Crippen LogP contribution in [0.2, 0.25) is 10.0 Å². The number of rotatable bonds is 4. The van der Waals surface area contributed by atoms with E-state index in [0.717, 1.165) is 18.5 Å². The van der Waals surface area contributed by atoms with E-state index in [1.807, 2.05) is 18.2 Å². The number of amides is 1. The average molecular weight is 387 g/mol. The van der Waals surface area contributed by atoms with E-state index in [-0.39, 0.29) is 11.8 Å². The molecule has 1 amide bonds. The van der Waals surface area contributed by atoms with Crippen molar-refractivity contribution < 1.29 is 9.32 Å². The molecule has 0 N–H and O–H groups in total. The third-order valence-electron chi connectivity index (χ3n) is 4.53. The predicted octanol–water partition coefficient (Wildman–Crippen LogP) is 5.80. The Balaban J connectivity index is 1.79. The second-order valence-electron chi connectivity index (χ2n) is 6.37. The molecule has 0 saturated heterocycles. The Labute approximate surface area is 161 Å². The fourth-order valence-corrected chi connectivity index (χ4v) is 3.27. The van der Waals surface area contributed by atoms with Gasteiger partial charge in [0, 0.05) is 29.2 Å². The molecule has 3 aromatic rings. The number of hydrogen-bond acceptors (Lipinski definition) is 3. The molecular formula is C20H16Cl2N2O2. The first kappa shape index (κ1) is 17.1. The minimum absolute atomic E-state index is 0.176. The van der Waals surface area contributed by atoms with E-state index in [2.05, 4.69) is 5.16 Å². The number of anilines is 1. The lowest BCUT2D eigenvalue weighted by atomic mass is 10.0. The topological polar surface area (TPSA) is 46.3 Å². The maximum absolute atomic E-state index is 13.3. The van der Waals surface area contributed by atoms with E-state index in [4.69, 9.17) is 27.7 Å². The third kappa shape index (κ3) is 3.11. The van der Waals surface area contributed by atoms with E-state index in [0.29, 0.717) is 32.6 Å². The maximum atomic E-state index is 13.3. The Bertz CT molecular complexity index is 962. The largest absolute Gasteiger partial charge is 0.360 e. The Morgan fingerprint density at radius 3 is 2.46 bits per heavy atom. The van der Waals surface area contributed by atoms with Gasteiger partial charge in [0.2, 0.25) is 0 Å². The van der Waals surface area contributed by atoms with Crippen LogP contribution in [0.25, 0.3) is 11.3 Å². The molecule has 2 aromatic carbocycles. The van der Waals surface area contributed by atoms with Gasteiger partial charge in [0.1, 0.15) is 11.3 Å². The normalized spacial score (nSPS) is 13.7. The number of nitrogens with zero attached hydrogens (tertiary/aromatic N) is 2. The van der Waals surface area contributed by atoms with Gasteiger partial charge in [0.05, 0.1) is 5.02 Å². The van der Waals surface area contributed by atoms with Crippen LogP contribution < -0.4 is 4.90 Å². The second kappa shape index (κ2) is 6.78. The molecule has 1 aliphatic rings. The van der Waals surface area contributed by atoms with Gasteiger partial charge in [-0.3, -0.25) is 4.79 Å². The molecular weight excluding hydrogens is 371 g/mol. The van der Waals surface area contributed by atoms with Crippen LogP contribution in [-0.4, -0.2) is 18.1 Å². The number of carbonyl (C=O) groups excluding carboxylic acids is 1. The van der Waals surface area contributed by atoms with Gasteiger partial charge in [-0.25, -0.2) is 0 Å². The summed E-state index contributed by atoms with van der Waals surface area (Å²) < 4.78 is 5.58. The molecule has 0 atom stereocenters. The smallest absolute Gasteiger partial charge is 0.263 e. The summed E-state index contributed by atoms with van der Waals surface area (Å²) in [5.74, 6) is 0.715. The lowest BCUT2D eigenvalue weighted by Crippen LogP contribution is -2.27. The first-order chi connectivity index (χ1) is 12.6. The molecule has 4 rings (SSSR count). The molecule has 0 radical (unpaired) electrons. The number of aromatic nitrogens is 1. The predicted molar refractivity (Wildman–Crippen MR) is 103 cm³/mol. The first-order valence-corrected chi connectivity index (χ1v) is 9.10. The number of carbonyl (C=O) groups is 1. The van der Waals surface area contributed by atoms with Crippen molar-refractivity contribution in [1.82, 2.24) is 5.16 Å². The van der Waals surface area contributed by atoms with Crippen molar-refractivity contribution >= 4 is 34.8 Å². The molecule has 1 aliphatic carbocycles. The maximum Gasteiger partial charge on any atom is 0.263 e. The lowest BCUT2D eigenvalue weighted by molar-refractivity contribution is 0.0991. The molecule has 1 saturated carbocycles. The molecule has 26 heavy (non-hydrogen) atoms. The minimum atomic E-state index is -0.176. The Hall–Kier alpha value is -2.30. The van der Waals surface area contributed by atoms with Crippen molar-refractivity contribution in [2.24, 2.45) is 0 Å². The highest BCUT2D eigenvalue weighted by Crippen LogP contribution is 2.45. The van der Waals surface area contributed by atoms with Crippen LogP contribution in [-0.2, 0) is 0 Å². The number of hydrogen-bond donors (Lipinski definition) is 0. The van der Waals surface area contributed by atoms with E-state index in [1.165, 1.54) is 0 Å². The summed E-state index contributed by atoms with van der Waals surface area (Å²) in [5, 5.41) is 5.35. The highest BCUT2D eigenvalue weighted by molar-refractivity contribution is 6.33. The summed E-state index contributed by atoms with van der Waals surface area (Å²) in [6.45, 7) is 0. The van der Waals surface area contributed by atoms with Crippen molar-refractivity contribution in [3.05, 3.63) is 69.9 Å². The highest BCUT2D eigenvalue weighted by Gasteiger charge is 2.36. The van der Waals surface area contributed by atoms with E-state index in [1.54, 1.807) is 42.3 Å². The molecule has 0 aliphatic heterocycles. The zero-order chi connectivity index (χ0) is 18.3. The summed E-state index contributed by atoms with van der Waals surface area (Å²) in [7, 11) is 1.73. The van der Waals surface area contributed by atoms with Gasteiger partial charge in [-0.15, -0.1) is 0 Å². The highest BCUT2D eigenvalue weighted by atomic mass is 35.5. The van der Waals surface area contributed by atoms with Crippen molar-refractivity contribution in [1.29, 1.82) is 0 Å². The standard InChI is InChI=1S/C20H16Cl2N2O2/c1-24(14-10-8-13(21)9-11-14)20(25)17-18(15-4-2-3-5-16(15)22)23-26-19(17)12-6-7-12/h2-5,8-12H,6-7H2,1H3. The second-order valence-corrected chi connectivity index (χ2v) is 7.21. The van der Waals surface area contributed by atoms with Crippen LogP contribution in [0.4, 0.5) is 5.69 Å². The van der Waals surface area contributed by atoms with E-state index < -0.39 is 0 Å². The van der Waals surface area contributed by atoms with Crippen molar-refractivity contribution in [2.45, 2.75) is 18.8 Å². The third-order valence-corrected chi connectivity index (χ3v) is 5.11.